The Labute approximate surface area is 170 Å². The predicted molar refractivity (Wildman–Crippen MR) is 111 cm³/mol. The van der Waals surface area contributed by atoms with E-state index in [1.54, 1.807) is 18.0 Å². The van der Waals surface area contributed by atoms with Crippen molar-refractivity contribution < 1.29 is 9.32 Å². The molecule has 1 amide bonds. The van der Waals surface area contributed by atoms with E-state index in [0.29, 0.717) is 30.2 Å². The van der Waals surface area contributed by atoms with Crippen LogP contribution in [0, 0.1) is 6.92 Å². The third kappa shape index (κ3) is 3.84. The number of aryl methyl sites for hydroxylation is 1. The second-order valence-electron chi connectivity index (χ2n) is 6.78. The third-order valence-electron chi connectivity index (χ3n) is 4.56. The maximum Gasteiger partial charge on any atom is 0.274 e. The lowest BCUT2D eigenvalue weighted by atomic mass is 10.2. The number of rotatable bonds is 5. The van der Waals surface area contributed by atoms with E-state index in [-0.39, 0.29) is 5.91 Å². The van der Waals surface area contributed by atoms with Crippen LogP contribution in [-0.2, 0) is 6.42 Å². The van der Waals surface area contributed by atoms with Gasteiger partial charge in [-0.1, -0.05) is 38.8 Å². The van der Waals surface area contributed by atoms with Gasteiger partial charge in [-0.05, 0) is 43.3 Å². The van der Waals surface area contributed by atoms with Crippen LogP contribution in [0.2, 0.25) is 0 Å². The summed E-state index contributed by atoms with van der Waals surface area (Å²) >= 11 is 3.39. The fourth-order valence-electron chi connectivity index (χ4n) is 3.04. The maximum absolute atomic E-state index is 12.5. The molecule has 0 radical (unpaired) electrons. The van der Waals surface area contributed by atoms with Crippen LogP contribution in [0.4, 0.5) is 0 Å². The number of H-pyrrole nitrogens is 1. The monoisotopic (exact) mass is 438 g/mol. The molecule has 0 bridgehead atoms. The Hall–Kier alpha value is -2.93. The number of aromatic amines is 1. The highest BCUT2D eigenvalue weighted by molar-refractivity contribution is 9.10. The number of hydrogen-bond donors (Lipinski definition) is 1. The van der Waals surface area contributed by atoms with Gasteiger partial charge in [0.2, 0.25) is 0 Å². The van der Waals surface area contributed by atoms with Crippen molar-refractivity contribution in [3.8, 4) is 11.6 Å². The predicted octanol–water partition coefficient (Wildman–Crippen LogP) is 4.60. The number of amides is 1. The zero-order chi connectivity index (χ0) is 19.7. The number of halogens is 1. The number of likely N-dealkylation sites (N-methyl/N-ethyl adjacent to an activating group) is 1. The van der Waals surface area contributed by atoms with Crippen molar-refractivity contribution in [2.75, 3.05) is 13.6 Å². The highest BCUT2D eigenvalue weighted by atomic mass is 79.9. The molecule has 0 aliphatic rings. The lowest BCUT2D eigenvalue weighted by Gasteiger charge is -2.16. The molecule has 0 aliphatic carbocycles. The molecule has 0 saturated carbocycles. The van der Waals surface area contributed by atoms with E-state index < -0.39 is 0 Å². The molecule has 142 valence electrons. The largest absolute Gasteiger partial charge is 0.351 e. The number of fused-ring (bicyclic) bond motifs is 1. The molecule has 1 N–H and O–H groups in total. The first-order valence-corrected chi connectivity index (χ1v) is 9.72. The Bertz CT molecular complexity index is 1150. The van der Waals surface area contributed by atoms with Crippen molar-refractivity contribution in [3.05, 3.63) is 70.0 Å². The zero-order valence-electron chi connectivity index (χ0n) is 15.6. The van der Waals surface area contributed by atoms with Crippen molar-refractivity contribution >= 4 is 32.7 Å². The molecule has 0 unspecified atom stereocenters. The zero-order valence-corrected chi connectivity index (χ0v) is 17.2. The van der Waals surface area contributed by atoms with Gasteiger partial charge in [0, 0.05) is 41.0 Å². The molecule has 28 heavy (non-hydrogen) atoms. The Balaban J connectivity index is 1.43. The Morgan fingerprint density at radius 1 is 1.21 bits per heavy atom. The molecule has 0 spiro atoms. The quantitative estimate of drug-likeness (QED) is 0.493. The number of hydrogen-bond acceptors (Lipinski definition) is 4. The van der Waals surface area contributed by atoms with Crippen molar-refractivity contribution in [2.45, 2.75) is 13.3 Å². The molecule has 2 heterocycles. The smallest absolute Gasteiger partial charge is 0.274 e. The second kappa shape index (κ2) is 7.59. The van der Waals surface area contributed by atoms with E-state index in [9.17, 15) is 4.79 Å². The van der Waals surface area contributed by atoms with Gasteiger partial charge >= 0.3 is 0 Å². The van der Waals surface area contributed by atoms with Gasteiger partial charge in [0.05, 0.1) is 0 Å². The fourth-order valence-corrected chi connectivity index (χ4v) is 3.44. The molecule has 4 aromatic rings. The van der Waals surface area contributed by atoms with Gasteiger partial charge in [0.25, 0.3) is 11.8 Å². The topological polar surface area (TPSA) is 75.0 Å². The number of carbonyl (C=O) groups is 1. The molecule has 0 saturated heterocycles. The van der Waals surface area contributed by atoms with E-state index in [0.717, 1.165) is 21.1 Å². The van der Waals surface area contributed by atoms with Crippen LogP contribution in [0.3, 0.4) is 0 Å². The van der Waals surface area contributed by atoms with E-state index in [4.69, 9.17) is 4.52 Å². The summed E-state index contributed by atoms with van der Waals surface area (Å²) in [4.78, 5) is 21.9. The number of aromatic nitrogens is 3. The average molecular weight is 439 g/mol. The lowest BCUT2D eigenvalue weighted by molar-refractivity contribution is 0.0795. The first kappa shape index (κ1) is 18.4. The molecule has 0 atom stereocenters. The van der Waals surface area contributed by atoms with Crippen LogP contribution in [0.5, 0.6) is 0 Å². The van der Waals surface area contributed by atoms with Crippen LogP contribution in [-0.4, -0.2) is 39.5 Å². The first-order chi connectivity index (χ1) is 13.5. The Kier molecular flexibility index (Phi) is 5.00. The molecule has 4 rings (SSSR count). The molecular formula is C21H19BrN4O2. The average Bonchev–Trinajstić information content (AvgIpc) is 3.31. The normalized spacial score (nSPS) is 11.1. The summed E-state index contributed by atoms with van der Waals surface area (Å²) < 4.78 is 6.28. The highest BCUT2D eigenvalue weighted by Gasteiger charge is 2.15. The number of nitrogens with zero attached hydrogens (tertiary/aromatic N) is 3. The molecule has 0 aliphatic heterocycles. The highest BCUT2D eigenvalue weighted by Crippen LogP contribution is 2.23. The van der Waals surface area contributed by atoms with Crippen LogP contribution in [0.25, 0.3) is 22.5 Å². The minimum Gasteiger partial charge on any atom is -0.351 e. The summed E-state index contributed by atoms with van der Waals surface area (Å²) in [5.74, 6) is 0.972. The summed E-state index contributed by atoms with van der Waals surface area (Å²) in [6.07, 6.45) is 0.513. The minimum atomic E-state index is -0.0454. The van der Waals surface area contributed by atoms with E-state index >= 15 is 0 Å². The van der Waals surface area contributed by atoms with E-state index in [1.165, 1.54) is 5.56 Å². The van der Waals surface area contributed by atoms with Crippen LogP contribution >= 0.6 is 15.9 Å². The van der Waals surface area contributed by atoms with Gasteiger partial charge < -0.3 is 14.4 Å². The van der Waals surface area contributed by atoms with Crippen LogP contribution in [0.15, 0.2) is 57.5 Å². The van der Waals surface area contributed by atoms with Crippen molar-refractivity contribution in [1.82, 2.24) is 20.0 Å². The molecule has 2 aromatic carbocycles. The summed E-state index contributed by atoms with van der Waals surface area (Å²) in [5, 5.41) is 5.15. The second-order valence-corrected chi connectivity index (χ2v) is 7.69. The molecule has 6 nitrogen and oxygen atoms in total. The van der Waals surface area contributed by atoms with Gasteiger partial charge in [-0.25, -0.2) is 0 Å². The molecular weight excluding hydrogens is 420 g/mol. The fraction of sp³-hybridized carbons (Fsp3) is 0.190. The lowest BCUT2D eigenvalue weighted by Crippen LogP contribution is -2.29. The van der Waals surface area contributed by atoms with E-state index in [2.05, 4.69) is 50.1 Å². The van der Waals surface area contributed by atoms with Crippen molar-refractivity contribution in [1.29, 1.82) is 0 Å². The summed E-state index contributed by atoms with van der Waals surface area (Å²) in [6, 6.07) is 15.5. The number of nitrogens with one attached hydrogen (secondary N) is 1. The van der Waals surface area contributed by atoms with Gasteiger partial charge in [-0.2, -0.15) is 4.98 Å². The summed E-state index contributed by atoms with van der Waals surface area (Å²) in [6.45, 7) is 2.55. The molecule has 2 aromatic heterocycles. The molecule has 7 heteroatoms. The minimum absolute atomic E-state index is 0.0454. The first-order valence-electron chi connectivity index (χ1n) is 8.93. The van der Waals surface area contributed by atoms with Gasteiger partial charge in [0.15, 0.2) is 5.82 Å². The Morgan fingerprint density at radius 2 is 2.07 bits per heavy atom. The van der Waals surface area contributed by atoms with E-state index in [1.807, 2.05) is 30.3 Å². The SMILES string of the molecule is Cc1ccc2[nH]c(-c3nc(CCN(C)C(=O)c4cccc(Br)c4)no3)cc2c1. The number of carbonyl (C=O) groups excluding carboxylic acids is 1. The summed E-state index contributed by atoms with van der Waals surface area (Å²) in [5.41, 5.74) is 3.65. The van der Waals surface area contributed by atoms with Gasteiger partial charge in [-0.3, -0.25) is 4.79 Å². The third-order valence-corrected chi connectivity index (χ3v) is 5.06. The van der Waals surface area contributed by atoms with Crippen molar-refractivity contribution in [2.24, 2.45) is 0 Å². The van der Waals surface area contributed by atoms with Crippen LogP contribution in [0.1, 0.15) is 21.7 Å². The summed E-state index contributed by atoms with van der Waals surface area (Å²) in [7, 11) is 1.77. The van der Waals surface area contributed by atoms with Gasteiger partial charge in [-0.15, -0.1) is 0 Å². The maximum atomic E-state index is 12.5. The van der Waals surface area contributed by atoms with Crippen molar-refractivity contribution in [3.63, 3.8) is 0 Å². The standard InChI is InChI=1S/C21H19BrN4O2/c1-13-6-7-17-15(10-13)12-18(23-17)20-24-19(25-28-20)8-9-26(2)21(27)14-4-3-5-16(22)11-14/h3-7,10-12,23H,8-9H2,1-2H3. The number of benzene rings is 2. The van der Waals surface area contributed by atoms with Gasteiger partial charge in [0.1, 0.15) is 5.69 Å². The molecule has 0 fully saturated rings. The van der Waals surface area contributed by atoms with Crippen LogP contribution < -0.4 is 0 Å². The Morgan fingerprint density at radius 3 is 2.89 bits per heavy atom.